The number of aliphatic hydroxyl groups is 1. The number of carbonyl (C=O) groups excluding carboxylic acids is 3. The van der Waals surface area contributed by atoms with Gasteiger partial charge in [0.1, 0.15) is 23.7 Å². The van der Waals surface area contributed by atoms with E-state index in [0.717, 1.165) is 32.1 Å². The van der Waals surface area contributed by atoms with E-state index in [0.29, 0.717) is 50.4 Å². The van der Waals surface area contributed by atoms with Crippen LogP contribution >= 0.6 is 12.0 Å². The molecule has 1 N–H and O–H groups in total. The van der Waals surface area contributed by atoms with Crippen molar-refractivity contribution in [1.82, 2.24) is 0 Å². The molecular formula is C25H31F2O10S-. The monoisotopic (exact) mass is 561 g/mol. The topological polar surface area (TPSA) is 141 Å². The van der Waals surface area contributed by atoms with E-state index in [2.05, 4.69) is 9.37 Å². The highest BCUT2D eigenvalue weighted by Crippen LogP contribution is 2.62. The summed E-state index contributed by atoms with van der Waals surface area (Å²) in [5.74, 6) is -2.69. The number of ether oxygens (including phenoxy) is 3. The molecule has 4 unspecified atom stereocenters. The minimum Gasteiger partial charge on any atom is -0.691 e. The highest BCUT2D eigenvalue weighted by Gasteiger charge is 2.62. The minimum atomic E-state index is -4.12. The summed E-state index contributed by atoms with van der Waals surface area (Å²) in [6, 6.07) is 0. The third-order valence-electron chi connectivity index (χ3n) is 9.89. The van der Waals surface area contributed by atoms with E-state index in [4.69, 9.17) is 14.2 Å². The van der Waals surface area contributed by atoms with Crippen LogP contribution in [-0.4, -0.2) is 52.2 Å². The van der Waals surface area contributed by atoms with Crippen LogP contribution in [0.3, 0.4) is 0 Å². The zero-order valence-electron chi connectivity index (χ0n) is 20.7. The third kappa shape index (κ3) is 4.71. The van der Waals surface area contributed by atoms with Crippen molar-refractivity contribution in [3.63, 3.8) is 0 Å². The second-order valence-electron chi connectivity index (χ2n) is 12.8. The van der Waals surface area contributed by atoms with Crippen molar-refractivity contribution in [2.75, 3.05) is 6.61 Å². The van der Waals surface area contributed by atoms with E-state index < -0.39 is 64.5 Å². The lowest BCUT2D eigenvalue weighted by Crippen LogP contribution is -2.60. The third-order valence-corrected chi connectivity index (χ3v) is 10.4. The van der Waals surface area contributed by atoms with Crippen LogP contribution in [0.2, 0.25) is 0 Å². The molecule has 0 saturated heterocycles. The first-order valence-corrected chi connectivity index (χ1v) is 14.0. The normalized spacial score (nSPS) is 44.2. The predicted molar refractivity (Wildman–Crippen MR) is 120 cm³/mol. The van der Waals surface area contributed by atoms with Crippen LogP contribution in [-0.2, 0) is 38.0 Å². The second kappa shape index (κ2) is 9.25. The molecule has 0 amide bonds. The number of halogens is 2. The molecular weight excluding hydrogens is 530 g/mol. The maximum atomic E-state index is 13.9. The van der Waals surface area contributed by atoms with Crippen LogP contribution < -0.4 is 5.26 Å². The van der Waals surface area contributed by atoms with E-state index in [1.807, 2.05) is 0 Å². The van der Waals surface area contributed by atoms with E-state index in [1.165, 1.54) is 0 Å². The van der Waals surface area contributed by atoms with Gasteiger partial charge in [0.05, 0.1) is 11.0 Å². The van der Waals surface area contributed by atoms with Crippen LogP contribution in [0.5, 0.6) is 0 Å². The van der Waals surface area contributed by atoms with E-state index in [9.17, 15) is 33.5 Å². The Bertz CT molecular complexity index is 977. The van der Waals surface area contributed by atoms with E-state index >= 15 is 0 Å². The summed E-state index contributed by atoms with van der Waals surface area (Å²) >= 11 is -0.729. The van der Waals surface area contributed by atoms with Crippen molar-refractivity contribution < 1.29 is 57.1 Å². The molecule has 10 nitrogen and oxygen atoms in total. The van der Waals surface area contributed by atoms with Gasteiger partial charge in [-0.15, -0.1) is 0 Å². The van der Waals surface area contributed by atoms with Gasteiger partial charge in [0, 0.05) is 6.42 Å². The highest BCUT2D eigenvalue weighted by molar-refractivity contribution is 7.96. The lowest BCUT2D eigenvalue weighted by molar-refractivity contribution is -0.777. The second-order valence-corrected chi connectivity index (χ2v) is 13.6. The first-order chi connectivity index (χ1) is 17.9. The van der Waals surface area contributed by atoms with Gasteiger partial charge in [-0.05, 0) is 93.8 Å². The summed E-state index contributed by atoms with van der Waals surface area (Å²) in [6.07, 6.45) is 6.13. The number of carbonyl (C=O) groups is 3. The Kier molecular flexibility index (Phi) is 6.49. The van der Waals surface area contributed by atoms with Crippen molar-refractivity contribution in [3.05, 3.63) is 0 Å². The molecule has 38 heavy (non-hydrogen) atoms. The maximum absolute atomic E-state index is 13.9. The van der Waals surface area contributed by atoms with Crippen LogP contribution in [0.1, 0.15) is 70.6 Å². The molecule has 4 atom stereocenters. The van der Waals surface area contributed by atoms with Gasteiger partial charge in [-0.25, -0.2) is 9.59 Å². The zero-order chi connectivity index (χ0) is 26.9. The van der Waals surface area contributed by atoms with E-state index in [1.54, 1.807) is 0 Å². The Morgan fingerprint density at radius 3 is 2.21 bits per heavy atom. The van der Waals surface area contributed by atoms with Crippen LogP contribution in [0, 0.1) is 35.0 Å². The summed E-state index contributed by atoms with van der Waals surface area (Å²) in [4.78, 5) is 38.1. The molecule has 0 aromatic rings. The number of hydrogen-bond acceptors (Lipinski definition) is 11. The lowest BCUT2D eigenvalue weighted by atomic mass is 9.48. The van der Waals surface area contributed by atoms with Gasteiger partial charge in [0.25, 0.3) is 0 Å². The number of alkyl halides is 2. The Morgan fingerprint density at radius 2 is 1.61 bits per heavy atom. The average Bonchev–Trinajstić information content (AvgIpc) is 2.81. The van der Waals surface area contributed by atoms with Crippen LogP contribution in [0.4, 0.5) is 8.78 Å². The van der Waals surface area contributed by atoms with Gasteiger partial charge in [0.15, 0.2) is 6.61 Å². The zero-order valence-corrected chi connectivity index (χ0v) is 21.6. The van der Waals surface area contributed by atoms with Gasteiger partial charge >= 0.3 is 23.2 Å². The first kappa shape index (κ1) is 26.7. The quantitative estimate of drug-likeness (QED) is 0.146. The molecule has 8 saturated carbocycles. The Hall–Kier alpha value is -1.54. The van der Waals surface area contributed by atoms with Gasteiger partial charge in [-0.3, -0.25) is 9.83 Å². The molecule has 8 rings (SSSR count). The Balaban J connectivity index is 1.05. The molecule has 0 aliphatic heterocycles. The summed E-state index contributed by atoms with van der Waals surface area (Å²) in [7, 11) is 0. The lowest BCUT2D eigenvalue weighted by Gasteiger charge is -2.59. The molecule has 0 aromatic carbocycles. The van der Waals surface area contributed by atoms with Gasteiger partial charge in [-0.1, -0.05) is 0 Å². The average molecular weight is 562 g/mol. The standard InChI is InChI=1S/C25H32F2O10S/c26-25(27,38-37-36-32)21(30)34-19-16-2-13-3-17(19)10-22(4-13,9-16)20(29)33-11-18(28)35-24-7-14-1-15(8-24)6-23(31,5-14)12-24/h13-17,19,31-32H,1-12H2/p-1. The van der Waals surface area contributed by atoms with Crippen molar-refractivity contribution >= 4 is 30.0 Å². The molecule has 8 aliphatic carbocycles. The molecule has 13 heteroatoms. The van der Waals surface area contributed by atoms with Crippen LogP contribution in [0.15, 0.2) is 0 Å². The van der Waals surface area contributed by atoms with Crippen molar-refractivity contribution in [2.24, 2.45) is 35.0 Å². The Labute approximate surface area is 222 Å². The number of hydrogen-bond donors (Lipinski definition) is 1. The Morgan fingerprint density at radius 1 is 0.947 bits per heavy atom. The fraction of sp³-hybridized carbons (Fsp3) is 0.880. The summed E-state index contributed by atoms with van der Waals surface area (Å²) in [5, 5.41) is 19.5. The summed E-state index contributed by atoms with van der Waals surface area (Å²) in [6.45, 7) is -0.514. The van der Waals surface area contributed by atoms with Gasteiger partial charge in [0.2, 0.25) is 0 Å². The van der Waals surface area contributed by atoms with Gasteiger partial charge < -0.3 is 24.6 Å². The molecule has 0 aromatic heterocycles. The van der Waals surface area contributed by atoms with Crippen LogP contribution in [0.25, 0.3) is 0 Å². The molecule has 8 bridgehead atoms. The summed E-state index contributed by atoms with van der Waals surface area (Å²) in [5.41, 5.74) is -2.32. The van der Waals surface area contributed by atoms with Crippen molar-refractivity contribution in [3.8, 4) is 0 Å². The first-order valence-electron chi connectivity index (χ1n) is 13.3. The molecule has 8 aliphatic rings. The highest BCUT2D eigenvalue weighted by atomic mass is 32.2. The maximum Gasteiger partial charge on any atom is 0.415 e. The van der Waals surface area contributed by atoms with Crippen molar-refractivity contribution in [2.45, 2.75) is 93.2 Å². The molecule has 0 heterocycles. The fourth-order valence-corrected chi connectivity index (χ4v) is 9.73. The smallest absolute Gasteiger partial charge is 0.415 e. The predicted octanol–water partition coefficient (Wildman–Crippen LogP) is 2.36. The minimum absolute atomic E-state index is 0.168. The number of rotatable bonds is 9. The molecule has 8 fully saturated rings. The SMILES string of the molecule is O=C(COC(=O)C12CC3CC(C1)C(OC(=O)C(F)(F)SOO[O-])C(C3)C2)OC12CC3CC(CC(O)(C3)C1)C2. The molecule has 212 valence electrons. The summed E-state index contributed by atoms with van der Waals surface area (Å²) < 4.78 is 47.9. The van der Waals surface area contributed by atoms with Gasteiger partial charge in [-0.2, -0.15) is 13.1 Å². The molecule has 0 radical (unpaired) electrons. The van der Waals surface area contributed by atoms with Crippen molar-refractivity contribution in [1.29, 1.82) is 0 Å². The van der Waals surface area contributed by atoms with E-state index in [-0.39, 0.29) is 17.8 Å². The fourth-order valence-electron chi connectivity index (χ4n) is 9.50. The largest absolute Gasteiger partial charge is 0.691 e. The molecule has 0 spiro atoms. The number of esters is 3.